The van der Waals surface area contributed by atoms with Gasteiger partial charge in [-0.05, 0) is 91.4 Å². The first-order valence-electron chi connectivity index (χ1n) is 10.3. The van der Waals surface area contributed by atoms with Gasteiger partial charge in [0.1, 0.15) is 0 Å². The van der Waals surface area contributed by atoms with Crippen LogP contribution in [-0.4, -0.2) is 11.1 Å². The second-order valence-electron chi connectivity index (χ2n) is 8.16. The summed E-state index contributed by atoms with van der Waals surface area (Å²) in [4.78, 5) is 11.4. The summed E-state index contributed by atoms with van der Waals surface area (Å²) >= 11 is 0. The Bertz CT molecular complexity index is 625. The average molecular weight is 371 g/mol. The van der Waals surface area contributed by atoms with Crippen molar-refractivity contribution in [1.29, 1.82) is 0 Å². The van der Waals surface area contributed by atoms with Gasteiger partial charge in [0.2, 0.25) is 0 Å². The van der Waals surface area contributed by atoms with Crippen molar-refractivity contribution < 1.29 is 9.90 Å². The van der Waals surface area contributed by atoms with Crippen molar-refractivity contribution in [3.8, 4) is 0 Å². The van der Waals surface area contributed by atoms with Gasteiger partial charge in [0.25, 0.3) is 0 Å². The molecule has 0 bridgehead atoms. The predicted octanol–water partition coefficient (Wildman–Crippen LogP) is 7.55. The highest BCUT2D eigenvalue weighted by Gasteiger charge is 2.12. The molecule has 0 aromatic heterocycles. The van der Waals surface area contributed by atoms with Crippen LogP contribution >= 0.6 is 0 Å². The van der Waals surface area contributed by atoms with Crippen LogP contribution in [0.4, 0.5) is 0 Å². The van der Waals surface area contributed by atoms with E-state index in [0.29, 0.717) is 17.9 Å². The normalized spacial score (nSPS) is 25.6. The molecule has 0 aromatic rings. The van der Waals surface area contributed by atoms with Gasteiger partial charge < -0.3 is 5.11 Å². The third-order valence-corrected chi connectivity index (χ3v) is 5.34. The van der Waals surface area contributed by atoms with Crippen molar-refractivity contribution in [3.63, 3.8) is 0 Å². The van der Waals surface area contributed by atoms with E-state index in [4.69, 9.17) is 0 Å². The molecule has 0 saturated carbocycles. The zero-order chi connectivity index (χ0) is 20.2. The van der Waals surface area contributed by atoms with Gasteiger partial charge in [-0.2, -0.15) is 0 Å². The van der Waals surface area contributed by atoms with E-state index in [9.17, 15) is 9.90 Å². The third kappa shape index (κ3) is 10.2. The summed E-state index contributed by atoms with van der Waals surface area (Å²) in [5.74, 6) is -0.246. The molecule has 1 atom stereocenters. The summed E-state index contributed by atoms with van der Waals surface area (Å²) in [7, 11) is 0. The fourth-order valence-corrected chi connectivity index (χ4v) is 3.43. The summed E-state index contributed by atoms with van der Waals surface area (Å²) in [6.07, 6.45) is 17.3. The Labute approximate surface area is 166 Å². The van der Waals surface area contributed by atoms with E-state index in [1.165, 1.54) is 22.3 Å². The zero-order valence-electron chi connectivity index (χ0n) is 17.8. The fourth-order valence-electron chi connectivity index (χ4n) is 3.43. The van der Waals surface area contributed by atoms with Crippen LogP contribution in [0.1, 0.15) is 85.5 Å². The maximum absolute atomic E-state index is 11.4. The summed E-state index contributed by atoms with van der Waals surface area (Å²) in [5.41, 5.74) is 6.00. The Morgan fingerprint density at radius 2 is 1.78 bits per heavy atom. The van der Waals surface area contributed by atoms with E-state index in [1.807, 2.05) is 6.08 Å². The highest BCUT2D eigenvalue weighted by molar-refractivity contribution is 5.86. The molecule has 0 aromatic carbocycles. The van der Waals surface area contributed by atoms with Crippen molar-refractivity contribution in [2.24, 2.45) is 5.92 Å². The molecule has 1 aliphatic carbocycles. The lowest BCUT2D eigenvalue weighted by molar-refractivity contribution is -0.132. The Morgan fingerprint density at radius 3 is 2.44 bits per heavy atom. The molecule has 2 heteroatoms. The number of hydrogen-bond donors (Lipinski definition) is 1. The van der Waals surface area contributed by atoms with E-state index >= 15 is 0 Å². The smallest absolute Gasteiger partial charge is 0.331 e. The summed E-state index contributed by atoms with van der Waals surface area (Å²) in [5, 5.41) is 9.36. The van der Waals surface area contributed by atoms with Gasteiger partial charge in [0, 0.05) is 5.57 Å². The van der Waals surface area contributed by atoms with E-state index in [2.05, 4.69) is 52.5 Å². The molecule has 0 aliphatic heterocycles. The van der Waals surface area contributed by atoms with Gasteiger partial charge in [0.05, 0.1) is 0 Å². The van der Waals surface area contributed by atoms with Crippen LogP contribution in [-0.2, 0) is 4.79 Å². The first-order chi connectivity index (χ1) is 12.8. The molecule has 0 radical (unpaired) electrons. The Kier molecular flexibility index (Phi) is 10.8. The lowest BCUT2D eigenvalue weighted by atomic mass is 9.86. The lowest BCUT2D eigenvalue weighted by Gasteiger charge is -2.19. The molecule has 27 heavy (non-hydrogen) atoms. The maximum Gasteiger partial charge on any atom is 0.331 e. The van der Waals surface area contributed by atoms with Crippen LogP contribution in [0.3, 0.4) is 0 Å². The van der Waals surface area contributed by atoms with Crippen LogP contribution in [0.2, 0.25) is 0 Å². The van der Waals surface area contributed by atoms with Crippen LogP contribution in [0.25, 0.3) is 0 Å². The fraction of sp³-hybridized carbons (Fsp3) is 0.560. The summed E-state index contributed by atoms with van der Waals surface area (Å²) < 4.78 is 0. The zero-order valence-corrected chi connectivity index (χ0v) is 17.8. The molecule has 0 fully saturated rings. The van der Waals surface area contributed by atoms with E-state index < -0.39 is 5.97 Å². The summed E-state index contributed by atoms with van der Waals surface area (Å²) in [6.45, 7) is 13.0. The standard InChI is InChI=1S/C25H38O2/c1-19(2)9-6-12-22(5)23-17-15-20(3)10-7-13-24(25(26)27)14-8-11-21(4)16-18-23/h9-10,14,16,23H,5-8,11-13,15,17-18H2,1-4H3,(H,26,27)/b20-10+,21-16+,24-14+/t23-/m1/s1. The van der Waals surface area contributed by atoms with Crippen LogP contribution < -0.4 is 0 Å². The number of hydrogen-bond acceptors (Lipinski definition) is 1. The van der Waals surface area contributed by atoms with Crippen LogP contribution in [0, 0.1) is 5.92 Å². The molecule has 1 N–H and O–H groups in total. The van der Waals surface area contributed by atoms with E-state index in [1.54, 1.807) is 0 Å². The number of carboxylic acids is 1. The minimum Gasteiger partial charge on any atom is -0.478 e. The second kappa shape index (κ2) is 12.5. The summed E-state index contributed by atoms with van der Waals surface area (Å²) in [6, 6.07) is 0. The number of rotatable bonds is 5. The molecular weight excluding hydrogens is 332 g/mol. The average Bonchev–Trinajstić information content (AvgIpc) is 2.59. The minimum absolute atomic E-state index is 0.530. The molecule has 150 valence electrons. The van der Waals surface area contributed by atoms with Crippen LogP contribution in [0.5, 0.6) is 0 Å². The Hall–Kier alpha value is -1.83. The first kappa shape index (κ1) is 23.2. The molecular formula is C25H38O2. The Balaban J connectivity index is 2.86. The molecule has 0 amide bonds. The van der Waals surface area contributed by atoms with Crippen molar-refractivity contribution in [2.45, 2.75) is 85.5 Å². The van der Waals surface area contributed by atoms with Gasteiger partial charge in [-0.15, -0.1) is 0 Å². The number of carbonyl (C=O) groups is 1. The van der Waals surface area contributed by atoms with Crippen molar-refractivity contribution in [2.75, 3.05) is 0 Å². The maximum atomic E-state index is 11.4. The molecule has 0 spiro atoms. The largest absolute Gasteiger partial charge is 0.478 e. The van der Waals surface area contributed by atoms with Crippen LogP contribution in [0.15, 0.2) is 58.7 Å². The van der Waals surface area contributed by atoms with Gasteiger partial charge in [-0.25, -0.2) is 4.79 Å². The van der Waals surface area contributed by atoms with Crippen molar-refractivity contribution >= 4 is 5.97 Å². The monoisotopic (exact) mass is 370 g/mol. The molecule has 0 saturated heterocycles. The quantitative estimate of drug-likeness (QED) is 0.507. The topological polar surface area (TPSA) is 37.3 Å². The number of allylic oxidation sites excluding steroid dienone is 8. The predicted molar refractivity (Wildman–Crippen MR) is 117 cm³/mol. The molecule has 2 nitrogen and oxygen atoms in total. The molecule has 1 rings (SSSR count). The van der Waals surface area contributed by atoms with Crippen molar-refractivity contribution in [3.05, 3.63) is 58.7 Å². The highest BCUT2D eigenvalue weighted by Crippen LogP contribution is 2.28. The third-order valence-electron chi connectivity index (χ3n) is 5.34. The minimum atomic E-state index is -0.775. The van der Waals surface area contributed by atoms with Gasteiger partial charge in [-0.3, -0.25) is 0 Å². The molecule has 1 aliphatic rings. The number of carboxylic acid groups (broad SMARTS) is 1. The van der Waals surface area contributed by atoms with Gasteiger partial charge in [0.15, 0.2) is 0 Å². The SMILES string of the molecule is C=C(CCC=C(C)C)[C@H]1C/C=C(\C)CC/C=C(/C(=O)O)CC/C=C(\C)CC1. The molecule has 0 heterocycles. The Morgan fingerprint density at radius 1 is 1.11 bits per heavy atom. The molecule has 0 unspecified atom stereocenters. The lowest BCUT2D eigenvalue weighted by Crippen LogP contribution is -2.04. The van der Waals surface area contributed by atoms with E-state index in [-0.39, 0.29) is 0 Å². The van der Waals surface area contributed by atoms with Crippen molar-refractivity contribution in [1.82, 2.24) is 0 Å². The highest BCUT2D eigenvalue weighted by atomic mass is 16.4. The van der Waals surface area contributed by atoms with E-state index in [0.717, 1.165) is 51.4 Å². The first-order valence-corrected chi connectivity index (χ1v) is 10.3. The van der Waals surface area contributed by atoms with Gasteiger partial charge in [-0.1, -0.05) is 53.2 Å². The second-order valence-corrected chi connectivity index (χ2v) is 8.16. The number of aliphatic carboxylic acids is 1. The van der Waals surface area contributed by atoms with Gasteiger partial charge >= 0.3 is 5.97 Å².